The van der Waals surface area contributed by atoms with E-state index in [0.29, 0.717) is 12.0 Å². The summed E-state index contributed by atoms with van der Waals surface area (Å²) in [5, 5.41) is 3.17. The number of benzene rings is 1. The van der Waals surface area contributed by atoms with Gasteiger partial charge in [-0.1, -0.05) is 18.2 Å². The van der Waals surface area contributed by atoms with E-state index >= 15 is 0 Å². The van der Waals surface area contributed by atoms with E-state index in [2.05, 4.69) is 10.3 Å². The fourth-order valence-electron chi connectivity index (χ4n) is 2.33. The number of para-hydroxylation sites is 1. The van der Waals surface area contributed by atoms with Gasteiger partial charge in [-0.05, 0) is 49.7 Å². The van der Waals surface area contributed by atoms with Crippen molar-refractivity contribution in [1.82, 2.24) is 0 Å². The van der Waals surface area contributed by atoms with Gasteiger partial charge in [-0.3, -0.25) is 0 Å². The van der Waals surface area contributed by atoms with Crippen LogP contribution in [0, 0.1) is 11.8 Å². The number of guanidine groups is 1. The second-order valence-corrected chi connectivity index (χ2v) is 5.17. The van der Waals surface area contributed by atoms with Crippen LogP contribution in [-0.4, -0.2) is 12.0 Å². The molecule has 2 fully saturated rings. The van der Waals surface area contributed by atoms with Gasteiger partial charge in [0.25, 0.3) is 0 Å². The number of hydrogen-bond acceptors (Lipinski definition) is 1. The van der Waals surface area contributed by atoms with E-state index in [1.807, 2.05) is 30.3 Å². The minimum atomic E-state index is 0.478. The molecule has 0 amide bonds. The smallest absolute Gasteiger partial charge is 0.193 e. The molecule has 0 atom stereocenters. The molecule has 0 aliphatic heterocycles. The fraction of sp³-hybridized carbons (Fsp3) is 0.500. The average molecular weight is 229 g/mol. The molecule has 1 aromatic rings. The molecule has 0 aromatic heterocycles. The van der Waals surface area contributed by atoms with Crippen LogP contribution >= 0.6 is 0 Å². The van der Waals surface area contributed by atoms with Crippen LogP contribution in [0.3, 0.4) is 0 Å². The third-order valence-electron chi connectivity index (χ3n) is 3.54. The van der Waals surface area contributed by atoms with Crippen molar-refractivity contribution in [3.63, 3.8) is 0 Å². The molecule has 2 saturated carbocycles. The Hall–Kier alpha value is -1.51. The summed E-state index contributed by atoms with van der Waals surface area (Å²) in [4.78, 5) is 4.68. The predicted octanol–water partition coefficient (Wildman–Crippen LogP) is 2.60. The molecule has 3 N–H and O–H groups in total. The Morgan fingerprint density at radius 2 is 1.71 bits per heavy atom. The normalized spacial score (nSPS) is 20.6. The van der Waals surface area contributed by atoms with Gasteiger partial charge in [-0.2, -0.15) is 0 Å². The van der Waals surface area contributed by atoms with Gasteiger partial charge in [0.1, 0.15) is 0 Å². The Bertz CT molecular complexity index is 393. The number of aliphatic imine (C=N–C) groups is 1. The zero-order valence-electron chi connectivity index (χ0n) is 9.97. The van der Waals surface area contributed by atoms with Crippen molar-refractivity contribution in [2.75, 3.05) is 5.32 Å². The molecule has 17 heavy (non-hydrogen) atoms. The lowest BCUT2D eigenvalue weighted by Gasteiger charge is -2.12. The predicted molar refractivity (Wildman–Crippen MR) is 70.9 cm³/mol. The molecule has 2 aliphatic rings. The highest BCUT2D eigenvalue weighted by Crippen LogP contribution is 2.46. The third-order valence-corrected chi connectivity index (χ3v) is 3.54. The largest absolute Gasteiger partial charge is 0.370 e. The first-order valence-corrected chi connectivity index (χ1v) is 6.48. The van der Waals surface area contributed by atoms with Crippen molar-refractivity contribution in [3.05, 3.63) is 30.3 Å². The zero-order valence-corrected chi connectivity index (χ0v) is 9.97. The van der Waals surface area contributed by atoms with E-state index < -0.39 is 0 Å². The number of rotatable bonds is 4. The number of hydrogen-bond donors (Lipinski definition) is 2. The van der Waals surface area contributed by atoms with E-state index in [0.717, 1.165) is 17.5 Å². The van der Waals surface area contributed by atoms with Crippen LogP contribution < -0.4 is 11.1 Å². The summed E-state index contributed by atoms with van der Waals surface area (Å²) in [7, 11) is 0. The number of anilines is 1. The Labute approximate surface area is 102 Å². The van der Waals surface area contributed by atoms with Crippen molar-refractivity contribution >= 4 is 11.6 Å². The maximum Gasteiger partial charge on any atom is 0.193 e. The summed E-state index contributed by atoms with van der Waals surface area (Å²) in [5.41, 5.74) is 6.99. The van der Waals surface area contributed by atoms with Crippen LogP contribution in [0.2, 0.25) is 0 Å². The molecule has 0 unspecified atom stereocenters. The Balaban J connectivity index is 1.65. The monoisotopic (exact) mass is 229 g/mol. The molecule has 1 aromatic carbocycles. The highest BCUT2D eigenvalue weighted by molar-refractivity contribution is 5.92. The summed E-state index contributed by atoms with van der Waals surface area (Å²) in [6, 6.07) is 10.5. The van der Waals surface area contributed by atoms with Gasteiger partial charge >= 0.3 is 0 Å². The molecule has 3 nitrogen and oxygen atoms in total. The minimum Gasteiger partial charge on any atom is -0.370 e. The Morgan fingerprint density at radius 3 is 2.24 bits per heavy atom. The van der Waals surface area contributed by atoms with E-state index in [1.54, 1.807) is 0 Å². The number of nitrogens with zero attached hydrogens (tertiary/aromatic N) is 1. The van der Waals surface area contributed by atoms with Gasteiger partial charge in [0, 0.05) is 5.69 Å². The van der Waals surface area contributed by atoms with Crippen LogP contribution in [0.25, 0.3) is 0 Å². The molecular weight excluding hydrogens is 210 g/mol. The fourth-order valence-corrected chi connectivity index (χ4v) is 2.33. The van der Waals surface area contributed by atoms with Crippen LogP contribution in [0.5, 0.6) is 0 Å². The van der Waals surface area contributed by atoms with Crippen LogP contribution in [0.4, 0.5) is 5.69 Å². The third kappa shape index (κ3) is 2.78. The summed E-state index contributed by atoms with van der Waals surface area (Å²) in [5.74, 6) is 2.18. The van der Waals surface area contributed by atoms with Crippen molar-refractivity contribution in [2.45, 2.75) is 31.7 Å². The topological polar surface area (TPSA) is 50.4 Å². The first-order chi connectivity index (χ1) is 8.33. The van der Waals surface area contributed by atoms with Crippen molar-refractivity contribution < 1.29 is 0 Å². The zero-order chi connectivity index (χ0) is 11.7. The van der Waals surface area contributed by atoms with Gasteiger partial charge in [0.05, 0.1) is 6.04 Å². The molecule has 2 aliphatic carbocycles. The SMILES string of the molecule is NC(=NC(C1CC1)C1CC1)Nc1ccccc1. The molecular formula is C14H19N3. The molecule has 0 spiro atoms. The van der Waals surface area contributed by atoms with Gasteiger partial charge < -0.3 is 11.1 Å². The van der Waals surface area contributed by atoms with Crippen LogP contribution in [-0.2, 0) is 0 Å². The molecule has 0 radical (unpaired) electrons. The quantitative estimate of drug-likeness (QED) is 0.616. The van der Waals surface area contributed by atoms with E-state index in [4.69, 9.17) is 5.73 Å². The van der Waals surface area contributed by atoms with E-state index in [9.17, 15) is 0 Å². The summed E-state index contributed by atoms with van der Waals surface area (Å²) in [6.45, 7) is 0. The van der Waals surface area contributed by atoms with Gasteiger partial charge in [0.15, 0.2) is 5.96 Å². The molecule has 0 saturated heterocycles. The Morgan fingerprint density at radius 1 is 1.12 bits per heavy atom. The average Bonchev–Trinajstić information content (AvgIpc) is 3.19. The molecule has 90 valence electrons. The second-order valence-electron chi connectivity index (χ2n) is 5.17. The lowest BCUT2D eigenvalue weighted by Crippen LogP contribution is -2.26. The molecule has 0 heterocycles. The van der Waals surface area contributed by atoms with Crippen molar-refractivity contribution in [1.29, 1.82) is 0 Å². The highest BCUT2D eigenvalue weighted by Gasteiger charge is 2.41. The van der Waals surface area contributed by atoms with Crippen molar-refractivity contribution in [2.24, 2.45) is 22.6 Å². The molecule has 3 rings (SSSR count). The summed E-state index contributed by atoms with van der Waals surface area (Å²) < 4.78 is 0. The first kappa shape index (κ1) is 10.6. The minimum absolute atomic E-state index is 0.478. The maximum absolute atomic E-state index is 5.98. The van der Waals surface area contributed by atoms with E-state index in [1.165, 1.54) is 25.7 Å². The standard InChI is InChI=1S/C14H19N3/c15-14(16-12-4-2-1-3-5-12)17-13(10-6-7-10)11-8-9-11/h1-5,10-11,13H,6-9H2,(H3,15,16,17). The van der Waals surface area contributed by atoms with Crippen molar-refractivity contribution in [3.8, 4) is 0 Å². The van der Waals surface area contributed by atoms with Gasteiger partial charge in [0.2, 0.25) is 0 Å². The molecule has 0 bridgehead atoms. The molecule has 3 heteroatoms. The number of nitrogens with two attached hydrogens (primary N) is 1. The highest BCUT2D eigenvalue weighted by atomic mass is 15.1. The lowest BCUT2D eigenvalue weighted by molar-refractivity contribution is 0.533. The van der Waals surface area contributed by atoms with E-state index in [-0.39, 0.29) is 0 Å². The Kier molecular flexibility index (Phi) is 2.75. The second kappa shape index (κ2) is 4.40. The lowest BCUT2D eigenvalue weighted by atomic mass is 10.1. The number of nitrogens with one attached hydrogen (secondary N) is 1. The van der Waals surface area contributed by atoms with Crippen LogP contribution in [0.15, 0.2) is 35.3 Å². The van der Waals surface area contributed by atoms with Gasteiger partial charge in [-0.15, -0.1) is 0 Å². The first-order valence-electron chi connectivity index (χ1n) is 6.48. The van der Waals surface area contributed by atoms with Crippen LogP contribution in [0.1, 0.15) is 25.7 Å². The summed E-state index contributed by atoms with van der Waals surface area (Å²) >= 11 is 0. The maximum atomic E-state index is 5.98. The van der Waals surface area contributed by atoms with Gasteiger partial charge in [-0.25, -0.2) is 4.99 Å². The summed E-state index contributed by atoms with van der Waals surface area (Å²) in [6.07, 6.45) is 5.35.